The van der Waals surface area contributed by atoms with Gasteiger partial charge in [0.1, 0.15) is 5.82 Å². The second kappa shape index (κ2) is 13.7. The number of rotatable bonds is 10. The smallest absolute Gasteiger partial charge is 0.166 e. The first-order chi connectivity index (χ1) is 20.0. The minimum absolute atomic E-state index is 0.199. The Morgan fingerprint density at radius 2 is 1.49 bits per heavy atom. The quantitative estimate of drug-likeness (QED) is 0.218. The van der Waals surface area contributed by atoms with Crippen LogP contribution in [0.1, 0.15) is 88.7 Å². The third-order valence-corrected chi connectivity index (χ3v) is 9.59. The number of hydrogen-bond donors (Lipinski definition) is 0. The molecule has 0 N–H and O–H groups in total. The Bertz CT molecular complexity index is 1360. The molecule has 0 bridgehead atoms. The van der Waals surface area contributed by atoms with Crippen LogP contribution in [0.3, 0.4) is 0 Å². The molecule has 2 aliphatic rings. The summed E-state index contributed by atoms with van der Waals surface area (Å²) < 4.78 is 44.8. The Balaban J connectivity index is 1.23. The van der Waals surface area contributed by atoms with Crippen molar-refractivity contribution in [2.45, 2.75) is 84.0 Å². The number of hydrogen-bond acceptors (Lipinski definition) is 0. The molecular weight excluding hydrogens is 513 g/mol. The SMILES string of the molecule is C=CCCC1CCC(C2CC=C(c3ccc(-c4ccc(-c5ccc(CCCC)c(F)c5F)cc4)cc3F)CC2)CC1. The maximum atomic E-state index is 15.3. The Morgan fingerprint density at radius 3 is 2.15 bits per heavy atom. The third-order valence-electron chi connectivity index (χ3n) is 9.59. The first kappa shape index (κ1) is 29.4. The van der Waals surface area contributed by atoms with E-state index in [9.17, 15) is 8.78 Å². The van der Waals surface area contributed by atoms with Gasteiger partial charge in [0, 0.05) is 11.1 Å². The van der Waals surface area contributed by atoms with Crippen molar-refractivity contribution < 1.29 is 13.2 Å². The van der Waals surface area contributed by atoms with E-state index in [0.717, 1.165) is 73.0 Å². The fourth-order valence-corrected chi connectivity index (χ4v) is 7.00. The van der Waals surface area contributed by atoms with Crippen LogP contribution in [0.15, 0.2) is 73.3 Å². The summed E-state index contributed by atoms with van der Waals surface area (Å²) in [4.78, 5) is 0. The maximum Gasteiger partial charge on any atom is 0.166 e. The standard InChI is InChI=1S/C38H43F3/c1-3-5-7-26-9-11-27(12-10-26)28-13-17-30(18-14-28)34-23-22-33(25-36(34)39)29-15-19-31(20-16-29)35-24-21-32(8-6-4-2)37(40)38(35)41/h3,15-17,19-28H,1,4-14,18H2,2H3. The van der Waals surface area contributed by atoms with Gasteiger partial charge in [0.2, 0.25) is 0 Å². The summed E-state index contributed by atoms with van der Waals surface area (Å²) in [6.07, 6.45) is 17.5. The van der Waals surface area contributed by atoms with Crippen molar-refractivity contribution >= 4 is 5.57 Å². The molecular formula is C38H43F3. The number of halogens is 3. The first-order valence-corrected chi connectivity index (χ1v) is 15.7. The fourth-order valence-electron chi connectivity index (χ4n) is 7.00. The topological polar surface area (TPSA) is 0 Å². The molecule has 0 amide bonds. The Hall–Kier alpha value is -3.07. The van der Waals surface area contributed by atoms with Crippen molar-refractivity contribution in [1.82, 2.24) is 0 Å². The second-order valence-corrected chi connectivity index (χ2v) is 12.2. The Labute approximate surface area is 244 Å². The summed E-state index contributed by atoms with van der Waals surface area (Å²) >= 11 is 0. The molecule has 0 heterocycles. The van der Waals surface area contributed by atoms with Gasteiger partial charge in [-0.15, -0.1) is 6.58 Å². The van der Waals surface area contributed by atoms with Crippen molar-refractivity contribution in [1.29, 1.82) is 0 Å². The van der Waals surface area contributed by atoms with Crippen LogP contribution in [0.2, 0.25) is 0 Å². The molecule has 1 atom stereocenters. The molecule has 216 valence electrons. The zero-order valence-corrected chi connectivity index (χ0v) is 24.4. The first-order valence-electron chi connectivity index (χ1n) is 15.7. The van der Waals surface area contributed by atoms with E-state index in [0.29, 0.717) is 23.1 Å². The average molecular weight is 557 g/mol. The molecule has 1 saturated carbocycles. The number of benzene rings is 3. The maximum absolute atomic E-state index is 15.3. The second-order valence-electron chi connectivity index (χ2n) is 12.2. The lowest BCUT2D eigenvalue weighted by atomic mass is 9.70. The van der Waals surface area contributed by atoms with Crippen LogP contribution in [0.5, 0.6) is 0 Å². The summed E-state index contributed by atoms with van der Waals surface area (Å²) in [5, 5.41) is 0. The minimum Gasteiger partial charge on any atom is -0.206 e. The number of allylic oxidation sites excluding steroid dienone is 3. The lowest BCUT2D eigenvalue weighted by molar-refractivity contribution is 0.190. The van der Waals surface area contributed by atoms with Crippen molar-refractivity contribution in [3.8, 4) is 22.3 Å². The van der Waals surface area contributed by atoms with Crippen molar-refractivity contribution in [2.24, 2.45) is 17.8 Å². The molecule has 3 heteroatoms. The molecule has 0 spiro atoms. The van der Waals surface area contributed by atoms with Crippen LogP contribution in [0, 0.1) is 35.2 Å². The van der Waals surface area contributed by atoms with Crippen LogP contribution in [-0.4, -0.2) is 0 Å². The zero-order valence-electron chi connectivity index (χ0n) is 24.4. The fraction of sp³-hybridized carbons (Fsp3) is 0.421. The largest absolute Gasteiger partial charge is 0.206 e. The normalized spacial score (nSPS) is 21.0. The molecule has 0 aromatic heterocycles. The molecule has 0 radical (unpaired) electrons. The molecule has 2 aliphatic carbocycles. The molecule has 0 aliphatic heterocycles. The van der Waals surface area contributed by atoms with Gasteiger partial charge in [-0.2, -0.15) is 0 Å². The highest BCUT2D eigenvalue weighted by Crippen LogP contribution is 2.42. The third kappa shape index (κ3) is 6.88. The average Bonchev–Trinajstić information content (AvgIpc) is 3.01. The Kier molecular flexibility index (Phi) is 9.85. The molecule has 1 fully saturated rings. The molecule has 5 rings (SSSR count). The van der Waals surface area contributed by atoms with E-state index in [-0.39, 0.29) is 11.4 Å². The Morgan fingerprint density at radius 1 is 0.780 bits per heavy atom. The van der Waals surface area contributed by atoms with Gasteiger partial charge in [-0.3, -0.25) is 0 Å². The highest BCUT2D eigenvalue weighted by molar-refractivity contribution is 5.74. The van der Waals surface area contributed by atoms with Gasteiger partial charge in [0.15, 0.2) is 11.6 Å². The molecule has 3 aromatic rings. The summed E-state index contributed by atoms with van der Waals surface area (Å²) in [5.74, 6) is 0.648. The monoisotopic (exact) mass is 556 g/mol. The zero-order chi connectivity index (χ0) is 28.8. The summed E-state index contributed by atoms with van der Waals surface area (Å²) in [6, 6.07) is 16.1. The van der Waals surface area contributed by atoms with Crippen LogP contribution >= 0.6 is 0 Å². The number of aryl methyl sites for hydroxylation is 1. The van der Waals surface area contributed by atoms with Gasteiger partial charge in [0.05, 0.1) is 0 Å². The van der Waals surface area contributed by atoms with E-state index < -0.39 is 11.6 Å². The molecule has 3 aromatic carbocycles. The highest BCUT2D eigenvalue weighted by Gasteiger charge is 2.29. The minimum atomic E-state index is -0.805. The molecule has 1 unspecified atom stereocenters. The van der Waals surface area contributed by atoms with Crippen molar-refractivity contribution in [3.63, 3.8) is 0 Å². The summed E-state index contributed by atoms with van der Waals surface area (Å²) in [5.41, 5.74) is 4.74. The van der Waals surface area contributed by atoms with Gasteiger partial charge in [-0.25, -0.2) is 13.2 Å². The van der Waals surface area contributed by atoms with E-state index in [1.165, 1.54) is 32.1 Å². The summed E-state index contributed by atoms with van der Waals surface area (Å²) in [7, 11) is 0. The predicted octanol–water partition coefficient (Wildman–Crippen LogP) is 11.7. The van der Waals surface area contributed by atoms with Gasteiger partial charge in [-0.05, 0) is 109 Å². The van der Waals surface area contributed by atoms with Crippen molar-refractivity contribution in [2.75, 3.05) is 0 Å². The van der Waals surface area contributed by atoms with E-state index >= 15 is 4.39 Å². The lowest BCUT2D eigenvalue weighted by Gasteiger charge is -2.35. The van der Waals surface area contributed by atoms with Crippen LogP contribution in [0.4, 0.5) is 13.2 Å². The van der Waals surface area contributed by atoms with E-state index in [2.05, 4.69) is 12.7 Å². The van der Waals surface area contributed by atoms with Crippen LogP contribution in [-0.2, 0) is 6.42 Å². The molecule has 0 nitrogen and oxygen atoms in total. The highest BCUT2D eigenvalue weighted by atomic mass is 19.2. The van der Waals surface area contributed by atoms with Gasteiger partial charge < -0.3 is 0 Å². The predicted molar refractivity (Wildman–Crippen MR) is 166 cm³/mol. The van der Waals surface area contributed by atoms with E-state index in [1.807, 2.05) is 37.3 Å². The van der Waals surface area contributed by atoms with Crippen LogP contribution in [0.25, 0.3) is 27.8 Å². The molecule has 0 saturated heterocycles. The van der Waals surface area contributed by atoms with Crippen LogP contribution < -0.4 is 0 Å². The lowest BCUT2D eigenvalue weighted by Crippen LogP contribution is -2.23. The van der Waals surface area contributed by atoms with Gasteiger partial charge in [0.25, 0.3) is 0 Å². The van der Waals surface area contributed by atoms with Gasteiger partial charge >= 0.3 is 0 Å². The summed E-state index contributed by atoms with van der Waals surface area (Å²) in [6.45, 7) is 5.90. The van der Waals surface area contributed by atoms with Crippen molar-refractivity contribution in [3.05, 3.63) is 102 Å². The van der Waals surface area contributed by atoms with E-state index in [1.54, 1.807) is 30.3 Å². The number of unbranched alkanes of at least 4 members (excludes halogenated alkanes) is 1. The molecule has 41 heavy (non-hydrogen) atoms. The van der Waals surface area contributed by atoms with Gasteiger partial charge in [-0.1, -0.05) is 86.9 Å². The van der Waals surface area contributed by atoms with E-state index in [4.69, 9.17) is 0 Å².